The first-order valence-corrected chi connectivity index (χ1v) is 10.6. The molecule has 2 rings (SSSR count). The quantitative estimate of drug-likeness (QED) is 0.477. The average molecular weight is 384 g/mol. The van der Waals surface area contributed by atoms with Crippen molar-refractivity contribution in [2.75, 3.05) is 6.54 Å². The number of aryl methyl sites for hydroxylation is 1. The fraction of sp³-hybridized carbons (Fsp3) is 0.440. The molecule has 0 saturated carbocycles. The smallest absolute Gasteiger partial charge is 0.0260 e. The molecule has 0 N–H and O–H groups in total. The molecule has 2 heteroatoms. The van der Waals surface area contributed by atoms with Crippen LogP contribution in [0, 0.1) is 12.8 Å². The van der Waals surface area contributed by atoms with Crippen molar-refractivity contribution < 1.29 is 0 Å². The summed E-state index contributed by atoms with van der Waals surface area (Å²) in [7, 11) is 0. The predicted molar refractivity (Wildman–Crippen MR) is 126 cm³/mol. The Balaban J connectivity index is 0.000000646. The van der Waals surface area contributed by atoms with Crippen LogP contribution in [0.3, 0.4) is 0 Å². The van der Waals surface area contributed by atoms with Crippen molar-refractivity contribution >= 4 is 23.4 Å². The Morgan fingerprint density at radius 2 is 1.78 bits per heavy atom. The molecule has 0 atom stereocenters. The molecule has 0 spiro atoms. The van der Waals surface area contributed by atoms with Crippen LogP contribution in [0.25, 0.3) is 10.8 Å². The molecule has 0 saturated heterocycles. The van der Waals surface area contributed by atoms with Crippen LogP contribution in [0.2, 0.25) is 0 Å². The molecule has 0 unspecified atom stereocenters. The molecule has 0 heterocycles. The van der Waals surface area contributed by atoms with Gasteiger partial charge in [0.25, 0.3) is 0 Å². The lowest BCUT2D eigenvalue weighted by molar-refractivity contribution is 0.507. The van der Waals surface area contributed by atoms with Gasteiger partial charge in [-0.2, -0.15) is 0 Å². The van der Waals surface area contributed by atoms with Gasteiger partial charge in [0.05, 0.1) is 0 Å². The van der Waals surface area contributed by atoms with Crippen molar-refractivity contribution in [3.05, 3.63) is 66.0 Å². The zero-order chi connectivity index (χ0) is 20.2. The Kier molecular flexibility index (Phi) is 11.0. The van der Waals surface area contributed by atoms with E-state index in [0.29, 0.717) is 0 Å². The summed E-state index contributed by atoms with van der Waals surface area (Å²) in [6, 6.07) is 10.8. The summed E-state index contributed by atoms with van der Waals surface area (Å²) in [5.41, 5.74) is 2.68. The third kappa shape index (κ3) is 7.84. The lowest BCUT2D eigenvalue weighted by Crippen LogP contribution is -2.13. The van der Waals surface area contributed by atoms with E-state index in [0.717, 1.165) is 30.2 Å². The lowest BCUT2D eigenvalue weighted by Gasteiger charge is -2.17. The minimum Gasteiger partial charge on any atom is -0.355 e. The molecule has 27 heavy (non-hydrogen) atoms. The second-order valence-corrected chi connectivity index (χ2v) is 7.79. The summed E-state index contributed by atoms with van der Waals surface area (Å²) in [6.07, 6.45) is 12.0. The summed E-state index contributed by atoms with van der Waals surface area (Å²) >= 11 is 4.62. The Hall–Kier alpha value is -1.67. The summed E-state index contributed by atoms with van der Waals surface area (Å²) in [5, 5.41) is 2.61. The van der Waals surface area contributed by atoms with Crippen LogP contribution in [0.5, 0.6) is 0 Å². The maximum Gasteiger partial charge on any atom is 0.0260 e. The molecule has 0 aromatic heterocycles. The molecule has 148 valence electrons. The van der Waals surface area contributed by atoms with Gasteiger partial charge >= 0.3 is 0 Å². The molecule has 0 aliphatic carbocycles. The third-order valence-electron chi connectivity index (χ3n) is 4.65. The number of nitrogens with zero attached hydrogens (tertiary/aromatic N) is 1. The van der Waals surface area contributed by atoms with Crippen molar-refractivity contribution in [2.45, 2.75) is 65.7 Å². The number of thiol groups is 1. The van der Waals surface area contributed by atoms with Gasteiger partial charge in [-0.1, -0.05) is 70.5 Å². The SMILES string of the molecule is C/C=C\N(/C=C\CC)CCc1ccc(S)c2c(C)cccc12.CCC(C)C. The van der Waals surface area contributed by atoms with Gasteiger partial charge in [0.1, 0.15) is 0 Å². The highest BCUT2D eigenvalue weighted by Crippen LogP contribution is 2.28. The van der Waals surface area contributed by atoms with E-state index in [9.17, 15) is 0 Å². The van der Waals surface area contributed by atoms with Gasteiger partial charge in [0.2, 0.25) is 0 Å². The van der Waals surface area contributed by atoms with Crippen LogP contribution in [0.1, 0.15) is 58.6 Å². The molecule has 0 radical (unpaired) electrons. The number of fused-ring (bicyclic) bond motifs is 1. The van der Waals surface area contributed by atoms with E-state index in [4.69, 9.17) is 0 Å². The molecular weight excluding hydrogens is 346 g/mol. The van der Waals surface area contributed by atoms with Gasteiger partial charge in [-0.3, -0.25) is 0 Å². The van der Waals surface area contributed by atoms with Crippen LogP contribution in [-0.2, 0) is 6.42 Å². The zero-order valence-electron chi connectivity index (χ0n) is 18.0. The van der Waals surface area contributed by atoms with Crippen molar-refractivity contribution in [3.63, 3.8) is 0 Å². The highest BCUT2D eigenvalue weighted by molar-refractivity contribution is 7.80. The number of rotatable bonds is 7. The first-order chi connectivity index (χ1) is 12.9. The van der Waals surface area contributed by atoms with Crippen LogP contribution >= 0.6 is 12.6 Å². The van der Waals surface area contributed by atoms with Crippen LogP contribution < -0.4 is 0 Å². The monoisotopic (exact) mass is 383 g/mol. The third-order valence-corrected chi connectivity index (χ3v) is 5.02. The summed E-state index contributed by atoms with van der Waals surface area (Å²) in [6.45, 7) is 14.0. The number of allylic oxidation sites excluding steroid dienone is 2. The second kappa shape index (κ2) is 12.7. The molecule has 0 bridgehead atoms. The first-order valence-electron chi connectivity index (χ1n) is 10.2. The average Bonchev–Trinajstić information content (AvgIpc) is 2.65. The van der Waals surface area contributed by atoms with Crippen LogP contribution in [0.15, 0.2) is 59.8 Å². The first kappa shape index (κ1) is 23.4. The minimum absolute atomic E-state index is 0.884. The Bertz CT molecular complexity index is 735. The van der Waals surface area contributed by atoms with E-state index in [1.165, 1.54) is 28.3 Å². The van der Waals surface area contributed by atoms with E-state index in [1.54, 1.807) is 0 Å². The van der Waals surface area contributed by atoms with E-state index >= 15 is 0 Å². The Morgan fingerprint density at radius 3 is 2.37 bits per heavy atom. The lowest BCUT2D eigenvalue weighted by atomic mass is 9.99. The Morgan fingerprint density at radius 1 is 1.07 bits per heavy atom. The van der Waals surface area contributed by atoms with E-state index < -0.39 is 0 Å². The topological polar surface area (TPSA) is 3.24 Å². The fourth-order valence-corrected chi connectivity index (χ4v) is 3.10. The Labute approximate surface area is 172 Å². The molecule has 2 aromatic rings. The van der Waals surface area contributed by atoms with Gasteiger partial charge in [-0.25, -0.2) is 0 Å². The summed E-state index contributed by atoms with van der Waals surface area (Å²) in [5.74, 6) is 0.884. The maximum atomic E-state index is 4.62. The normalized spacial score (nSPS) is 11.4. The highest BCUT2D eigenvalue weighted by Gasteiger charge is 2.07. The number of benzene rings is 2. The summed E-state index contributed by atoms with van der Waals surface area (Å²) < 4.78 is 0. The zero-order valence-corrected chi connectivity index (χ0v) is 18.9. The molecule has 1 nitrogen and oxygen atoms in total. The molecule has 2 aromatic carbocycles. The number of hydrogen-bond acceptors (Lipinski definition) is 2. The standard InChI is InChI=1S/C20H25NS.C5H12/c1-4-6-14-21(13-5-2)15-12-17-10-11-19(22)20-16(3)8-7-9-18(17)20;1-4-5(2)3/h5-11,13-14,22H,4,12,15H2,1-3H3;5H,4H2,1-3H3/b13-5-,14-6-;. The molecule has 0 fully saturated rings. The van der Waals surface area contributed by atoms with Gasteiger partial charge in [0.15, 0.2) is 0 Å². The van der Waals surface area contributed by atoms with Crippen LogP contribution in [0.4, 0.5) is 0 Å². The molecule has 0 aliphatic heterocycles. The van der Waals surface area contributed by atoms with Crippen molar-refractivity contribution in [1.29, 1.82) is 0 Å². The van der Waals surface area contributed by atoms with Gasteiger partial charge in [0, 0.05) is 11.4 Å². The largest absolute Gasteiger partial charge is 0.355 e. The van der Waals surface area contributed by atoms with Gasteiger partial charge in [-0.15, -0.1) is 12.6 Å². The van der Waals surface area contributed by atoms with E-state index in [2.05, 4.69) is 114 Å². The molecule has 0 aliphatic rings. The van der Waals surface area contributed by atoms with Crippen LogP contribution in [-0.4, -0.2) is 11.4 Å². The second-order valence-electron chi connectivity index (χ2n) is 7.31. The summed E-state index contributed by atoms with van der Waals surface area (Å²) in [4.78, 5) is 3.31. The molecule has 0 amide bonds. The van der Waals surface area contributed by atoms with E-state index in [1.807, 2.05) is 0 Å². The number of hydrogen-bond donors (Lipinski definition) is 1. The van der Waals surface area contributed by atoms with Crippen molar-refractivity contribution in [3.8, 4) is 0 Å². The fourth-order valence-electron chi connectivity index (χ4n) is 2.73. The van der Waals surface area contributed by atoms with Gasteiger partial charge in [-0.05, 0) is 73.0 Å². The van der Waals surface area contributed by atoms with Crippen molar-refractivity contribution in [1.82, 2.24) is 4.90 Å². The van der Waals surface area contributed by atoms with Crippen molar-refractivity contribution in [2.24, 2.45) is 5.92 Å². The molecular formula is C25H37NS. The predicted octanol–water partition coefficient (Wildman–Crippen LogP) is 7.79. The van der Waals surface area contributed by atoms with Gasteiger partial charge < -0.3 is 4.90 Å². The minimum atomic E-state index is 0.884. The highest BCUT2D eigenvalue weighted by atomic mass is 32.1. The van der Waals surface area contributed by atoms with E-state index in [-0.39, 0.29) is 0 Å². The maximum absolute atomic E-state index is 4.62.